The number of amides is 1. The maximum Gasteiger partial charge on any atom is 0.286 e. The topological polar surface area (TPSA) is 146 Å². The van der Waals surface area contributed by atoms with E-state index in [1.807, 2.05) is 37.3 Å². The highest BCUT2D eigenvalue weighted by Crippen LogP contribution is 2.17. The lowest BCUT2D eigenvalue weighted by Crippen LogP contribution is -2.46. The van der Waals surface area contributed by atoms with E-state index in [4.69, 9.17) is 10.2 Å². The van der Waals surface area contributed by atoms with Crippen LogP contribution in [0.15, 0.2) is 70.0 Å². The second-order valence-corrected chi connectivity index (χ2v) is 9.11. The molecule has 4 rings (SSSR count). The van der Waals surface area contributed by atoms with E-state index in [1.54, 1.807) is 38.1 Å². The SMILES string of the molecule is Cc1cccc(Cc2nnc(C(=O)C(NC(=O)Cn3c(-c4ccccc4)ncc(N)c3=O)C(C)C)o2)c1. The van der Waals surface area contributed by atoms with Gasteiger partial charge in [-0.15, -0.1) is 10.2 Å². The van der Waals surface area contributed by atoms with E-state index >= 15 is 0 Å². The molecule has 0 fully saturated rings. The number of nitrogen functional groups attached to an aromatic ring is 1. The third-order valence-corrected chi connectivity index (χ3v) is 5.79. The Kier molecular flexibility index (Phi) is 7.57. The Labute approximate surface area is 213 Å². The fourth-order valence-corrected chi connectivity index (χ4v) is 3.92. The maximum atomic E-state index is 13.2. The molecular weight excluding hydrogens is 472 g/mol. The van der Waals surface area contributed by atoms with Crippen molar-refractivity contribution in [3.63, 3.8) is 0 Å². The molecule has 190 valence electrons. The molecule has 0 spiro atoms. The number of rotatable bonds is 9. The number of nitrogens with two attached hydrogens (primary N) is 1. The van der Waals surface area contributed by atoms with E-state index in [0.29, 0.717) is 23.7 Å². The van der Waals surface area contributed by atoms with Gasteiger partial charge < -0.3 is 15.5 Å². The van der Waals surface area contributed by atoms with Gasteiger partial charge in [-0.2, -0.15) is 0 Å². The van der Waals surface area contributed by atoms with Gasteiger partial charge in [-0.05, 0) is 18.4 Å². The van der Waals surface area contributed by atoms with Gasteiger partial charge in [-0.3, -0.25) is 19.0 Å². The number of nitrogens with zero attached hydrogens (tertiary/aromatic N) is 4. The van der Waals surface area contributed by atoms with Crippen LogP contribution >= 0.6 is 0 Å². The zero-order valence-corrected chi connectivity index (χ0v) is 20.8. The van der Waals surface area contributed by atoms with Crippen molar-refractivity contribution < 1.29 is 14.0 Å². The molecule has 0 bridgehead atoms. The highest BCUT2D eigenvalue weighted by molar-refractivity contribution is 5.98. The molecule has 2 heterocycles. The van der Waals surface area contributed by atoms with Crippen LogP contribution < -0.4 is 16.6 Å². The number of Topliss-reactive ketones (excluding diaryl/α,β-unsaturated/α-hetero) is 1. The lowest BCUT2D eigenvalue weighted by Gasteiger charge is -2.20. The first kappa shape index (κ1) is 25.5. The predicted octanol–water partition coefficient (Wildman–Crippen LogP) is 2.80. The molecule has 0 aliphatic heterocycles. The van der Waals surface area contributed by atoms with Crippen LogP contribution in [0, 0.1) is 12.8 Å². The molecule has 0 saturated carbocycles. The fraction of sp³-hybridized carbons (Fsp3) is 0.259. The van der Waals surface area contributed by atoms with Crippen LogP contribution in [0.2, 0.25) is 0 Å². The van der Waals surface area contributed by atoms with Crippen LogP contribution in [0.5, 0.6) is 0 Å². The number of aromatic nitrogens is 4. The van der Waals surface area contributed by atoms with Crippen LogP contribution in [0.4, 0.5) is 5.69 Å². The molecular formula is C27H28N6O4. The normalized spacial score (nSPS) is 11.9. The van der Waals surface area contributed by atoms with Gasteiger partial charge in [0.25, 0.3) is 11.4 Å². The fourth-order valence-electron chi connectivity index (χ4n) is 3.92. The number of benzene rings is 2. The number of carbonyl (C=O) groups is 2. The highest BCUT2D eigenvalue weighted by Gasteiger charge is 2.30. The van der Waals surface area contributed by atoms with Crippen LogP contribution in [0.3, 0.4) is 0 Å². The first-order valence-electron chi connectivity index (χ1n) is 11.8. The second-order valence-electron chi connectivity index (χ2n) is 9.11. The molecule has 37 heavy (non-hydrogen) atoms. The molecule has 1 atom stereocenters. The third-order valence-electron chi connectivity index (χ3n) is 5.79. The average Bonchev–Trinajstić information content (AvgIpc) is 3.34. The Hall–Kier alpha value is -4.60. The molecule has 4 aromatic rings. The summed E-state index contributed by atoms with van der Waals surface area (Å²) in [5.74, 6) is -0.944. The molecule has 1 unspecified atom stereocenters. The van der Waals surface area contributed by atoms with Gasteiger partial charge in [-0.25, -0.2) is 4.98 Å². The summed E-state index contributed by atoms with van der Waals surface area (Å²) in [5, 5.41) is 10.6. The molecule has 2 aromatic heterocycles. The molecule has 2 aromatic carbocycles. The summed E-state index contributed by atoms with van der Waals surface area (Å²) >= 11 is 0. The zero-order chi connectivity index (χ0) is 26.5. The molecule has 3 N–H and O–H groups in total. The Morgan fingerprint density at radius 3 is 2.54 bits per heavy atom. The van der Waals surface area contributed by atoms with E-state index in [2.05, 4.69) is 20.5 Å². The summed E-state index contributed by atoms with van der Waals surface area (Å²) < 4.78 is 6.82. The molecule has 0 saturated heterocycles. The molecule has 0 radical (unpaired) electrons. The van der Waals surface area contributed by atoms with Gasteiger partial charge >= 0.3 is 0 Å². The Morgan fingerprint density at radius 2 is 1.84 bits per heavy atom. The minimum Gasteiger partial charge on any atom is -0.418 e. The van der Waals surface area contributed by atoms with E-state index < -0.39 is 23.3 Å². The van der Waals surface area contributed by atoms with Crippen molar-refractivity contribution in [2.75, 3.05) is 5.73 Å². The number of hydrogen-bond acceptors (Lipinski definition) is 8. The van der Waals surface area contributed by atoms with E-state index in [1.165, 1.54) is 10.8 Å². The second kappa shape index (κ2) is 11.0. The van der Waals surface area contributed by atoms with Gasteiger partial charge in [-0.1, -0.05) is 74.0 Å². The summed E-state index contributed by atoms with van der Waals surface area (Å²) in [7, 11) is 0. The zero-order valence-electron chi connectivity index (χ0n) is 20.8. The number of carbonyl (C=O) groups excluding carboxylic acids is 2. The Balaban J connectivity index is 1.52. The molecule has 0 aliphatic rings. The van der Waals surface area contributed by atoms with Crippen molar-refractivity contribution in [1.82, 2.24) is 25.1 Å². The first-order chi connectivity index (χ1) is 17.7. The quantitative estimate of drug-likeness (QED) is 0.334. The van der Waals surface area contributed by atoms with Crippen molar-refractivity contribution in [2.24, 2.45) is 5.92 Å². The molecule has 1 amide bonds. The maximum absolute atomic E-state index is 13.2. The van der Waals surface area contributed by atoms with Gasteiger partial charge in [0.2, 0.25) is 17.6 Å². The van der Waals surface area contributed by atoms with Gasteiger partial charge in [0.1, 0.15) is 18.1 Å². The number of ketones is 1. The molecule has 10 nitrogen and oxygen atoms in total. The van der Waals surface area contributed by atoms with Crippen molar-refractivity contribution in [2.45, 2.75) is 39.8 Å². The van der Waals surface area contributed by atoms with Gasteiger partial charge in [0.15, 0.2) is 0 Å². The van der Waals surface area contributed by atoms with Crippen molar-refractivity contribution in [3.8, 4) is 11.4 Å². The number of nitrogens with one attached hydrogen (secondary N) is 1. The van der Waals surface area contributed by atoms with Crippen LogP contribution in [-0.4, -0.2) is 37.5 Å². The van der Waals surface area contributed by atoms with Gasteiger partial charge in [0.05, 0.1) is 18.7 Å². The van der Waals surface area contributed by atoms with E-state index in [-0.39, 0.29) is 24.0 Å². The monoisotopic (exact) mass is 500 g/mol. The largest absolute Gasteiger partial charge is 0.418 e. The highest BCUT2D eigenvalue weighted by atomic mass is 16.4. The summed E-state index contributed by atoms with van der Waals surface area (Å²) in [6.45, 7) is 5.19. The van der Waals surface area contributed by atoms with Crippen LogP contribution in [0.1, 0.15) is 41.6 Å². The third kappa shape index (κ3) is 5.97. The smallest absolute Gasteiger partial charge is 0.286 e. The summed E-state index contributed by atoms with van der Waals surface area (Å²) in [6, 6.07) is 15.9. The molecule has 0 aliphatic carbocycles. The van der Waals surface area contributed by atoms with E-state index in [9.17, 15) is 14.4 Å². The van der Waals surface area contributed by atoms with E-state index in [0.717, 1.165) is 11.1 Å². The average molecular weight is 501 g/mol. The Bertz CT molecular complexity index is 1480. The summed E-state index contributed by atoms with van der Waals surface area (Å²) in [4.78, 5) is 43.2. The number of anilines is 1. The predicted molar refractivity (Wildman–Crippen MR) is 138 cm³/mol. The summed E-state index contributed by atoms with van der Waals surface area (Å²) in [6.07, 6.45) is 1.65. The lowest BCUT2D eigenvalue weighted by atomic mass is 9.99. The number of aryl methyl sites for hydroxylation is 1. The Morgan fingerprint density at radius 1 is 1.08 bits per heavy atom. The minimum absolute atomic E-state index is 0.0871. The lowest BCUT2D eigenvalue weighted by molar-refractivity contribution is -0.122. The van der Waals surface area contributed by atoms with Crippen molar-refractivity contribution >= 4 is 17.4 Å². The van der Waals surface area contributed by atoms with Crippen LogP contribution in [-0.2, 0) is 17.8 Å². The van der Waals surface area contributed by atoms with Crippen molar-refractivity contribution in [3.05, 3.63) is 94.1 Å². The number of hydrogen-bond donors (Lipinski definition) is 2. The first-order valence-corrected chi connectivity index (χ1v) is 11.8. The van der Waals surface area contributed by atoms with Crippen LogP contribution in [0.25, 0.3) is 11.4 Å². The van der Waals surface area contributed by atoms with Gasteiger partial charge in [0, 0.05) is 5.56 Å². The molecule has 10 heteroatoms. The van der Waals surface area contributed by atoms with Crippen molar-refractivity contribution in [1.29, 1.82) is 0 Å². The minimum atomic E-state index is -0.940. The standard InChI is InChI=1S/C27H28N6O4/c1-16(2)23(24(35)26-32-31-22(37-26)13-18-9-7-8-17(3)12-18)30-21(34)15-33-25(19-10-5-4-6-11-19)29-14-20(28)27(33)36/h4-12,14,16,23H,13,15,28H2,1-3H3,(H,30,34). The summed E-state index contributed by atoms with van der Waals surface area (Å²) in [5.41, 5.74) is 7.86.